The second kappa shape index (κ2) is 6.79. The van der Waals surface area contributed by atoms with Crippen LogP contribution in [0.1, 0.15) is 35.7 Å². The summed E-state index contributed by atoms with van der Waals surface area (Å²) in [6.07, 6.45) is 0.911. The lowest BCUT2D eigenvalue weighted by Crippen LogP contribution is -2.60. The molecule has 5 atom stereocenters. The second-order valence-electron chi connectivity index (χ2n) is 9.02. The maximum atomic E-state index is 13.7. The van der Waals surface area contributed by atoms with Crippen molar-refractivity contribution in [3.05, 3.63) is 66.1 Å². The number of amides is 1. The van der Waals surface area contributed by atoms with Crippen molar-refractivity contribution in [1.29, 1.82) is 0 Å². The molecule has 1 aromatic carbocycles. The number of ether oxygens (including phenoxy) is 1. The van der Waals surface area contributed by atoms with Crippen LogP contribution in [0.15, 0.2) is 55.0 Å². The highest BCUT2D eigenvalue weighted by molar-refractivity contribution is 5.98. The van der Waals surface area contributed by atoms with E-state index < -0.39 is 11.7 Å². The molecule has 1 aliphatic heterocycles. The molecule has 1 spiro atoms. The summed E-state index contributed by atoms with van der Waals surface area (Å²) in [5, 5.41) is 8.32. The van der Waals surface area contributed by atoms with Crippen LogP contribution >= 0.6 is 0 Å². The molecule has 3 aromatic rings. The number of likely N-dealkylation sites (tertiary alicyclic amines) is 1. The lowest BCUT2D eigenvalue weighted by molar-refractivity contribution is -0.137. The van der Waals surface area contributed by atoms with Gasteiger partial charge in [0, 0.05) is 23.7 Å². The Hall–Kier alpha value is -3.43. The number of rotatable bonds is 4. The molecule has 3 aliphatic rings. The third-order valence-electron chi connectivity index (χ3n) is 7.36. The fourth-order valence-corrected chi connectivity index (χ4v) is 5.79. The molecule has 2 aliphatic carbocycles. The lowest BCUT2D eigenvalue weighted by Gasteiger charge is -2.47. The van der Waals surface area contributed by atoms with Crippen LogP contribution < -0.4 is 4.74 Å². The van der Waals surface area contributed by atoms with Crippen LogP contribution in [0.3, 0.4) is 0 Å². The van der Waals surface area contributed by atoms with Gasteiger partial charge in [-0.15, -0.1) is 0 Å². The van der Waals surface area contributed by atoms with Crippen LogP contribution in [0.5, 0.6) is 5.88 Å². The number of carbonyl (C=O) groups is 1. The number of aromatic nitrogens is 4. The maximum absolute atomic E-state index is 13.7. The van der Waals surface area contributed by atoms with Gasteiger partial charge in [-0.05, 0) is 43.9 Å². The monoisotopic (exact) mass is 455 g/mol. The van der Waals surface area contributed by atoms with E-state index in [4.69, 9.17) is 4.74 Å². The summed E-state index contributed by atoms with van der Waals surface area (Å²) in [6.45, 7) is 2.05. The van der Waals surface area contributed by atoms with Gasteiger partial charge < -0.3 is 9.64 Å². The number of piperidine rings is 1. The summed E-state index contributed by atoms with van der Waals surface area (Å²) in [6, 6.07) is 9.28. The number of benzene rings is 1. The average molecular weight is 455 g/mol. The first-order chi connectivity index (χ1) is 15.8. The van der Waals surface area contributed by atoms with E-state index >= 15 is 0 Å². The highest BCUT2D eigenvalue weighted by atomic mass is 19.4. The van der Waals surface area contributed by atoms with Gasteiger partial charge in [0.2, 0.25) is 5.88 Å². The third-order valence-corrected chi connectivity index (χ3v) is 7.36. The Morgan fingerprint density at radius 1 is 1.12 bits per heavy atom. The number of pyridine rings is 1. The quantitative estimate of drug-likeness (QED) is 0.599. The van der Waals surface area contributed by atoms with Crippen LogP contribution in [-0.2, 0) is 6.18 Å². The zero-order valence-electron chi connectivity index (χ0n) is 17.6. The Balaban J connectivity index is 1.27. The van der Waals surface area contributed by atoms with Crippen LogP contribution in [0.4, 0.5) is 13.2 Å². The molecular formula is C23H20F3N5O2. The van der Waals surface area contributed by atoms with Crippen molar-refractivity contribution in [3.63, 3.8) is 0 Å². The topological polar surface area (TPSA) is 73.1 Å². The van der Waals surface area contributed by atoms with E-state index in [1.165, 1.54) is 10.9 Å². The summed E-state index contributed by atoms with van der Waals surface area (Å²) < 4.78 is 44.5. The number of para-hydroxylation sites is 1. The Kier molecular flexibility index (Phi) is 4.15. The number of hydrogen-bond acceptors (Lipinski definition) is 5. The zero-order valence-corrected chi connectivity index (χ0v) is 17.6. The van der Waals surface area contributed by atoms with Crippen molar-refractivity contribution in [3.8, 4) is 11.6 Å². The molecule has 1 amide bonds. The molecule has 33 heavy (non-hydrogen) atoms. The molecule has 2 saturated carbocycles. The highest BCUT2D eigenvalue weighted by Crippen LogP contribution is 2.73. The van der Waals surface area contributed by atoms with Gasteiger partial charge in [0.1, 0.15) is 6.10 Å². The number of alkyl halides is 3. The number of hydrogen-bond donors (Lipinski definition) is 0. The largest absolute Gasteiger partial charge is 0.472 e. The van der Waals surface area contributed by atoms with E-state index in [1.807, 2.05) is 11.0 Å². The van der Waals surface area contributed by atoms with Crippen LogP contribution in [-0.4, -0.2) is 49.0 Å². The molecule has 0 bridgehead atoms. The van der Waals surface area contributed by atoms with Crippen molar-refractivity contribution in [1.82, 2.24) is 24.9 Å². The second-order valence-corrected chi connectivity index (χ2v) is 9.02. The Bertz CT molecular complexity index is 1210. The summed E-state index contributed by atoms with van der Waals surface area (Å²) in [5.74, 6) is 0.413. The first-order valence-electron chi connectivity index (χ1n) is 10.8. The van der Waals surface area contributed by atoms with Gasteiger partial charge in [-0.3, -0.25) is 4.79 Å². The van der Waals surface area contributed by atoms with Crippen LogP contribution in [0.2, 0.25) is 0 Å². The van der Waals surface area contributed by atoms with Gasteiger partial charge in [-0.2, -0.15) is 28.2 Å². The summed E-state index contributed by atoms with van der Waals surface area (Å²) >= 11 is 0. The maximum Gasteiger partial charge on any atom is 0.417 e. The molecule has 5 unspecified atom stereocenters. The zero-order chi connectivity index (χ0) is 23.0. The van der Waals surface area contributed by atoms with Gasteiger partial charge in [0.15, 0.2) is 0 Å². The van der Waals surface area contributed by atoms with Crippen LogP contribution in [0, 0.1) is 11.3 Å². The fraction of sp³-hybridized carbons (Fsp3) is 0.391. The van der Waals surface area contributed by atoms with Gasteiger partial charge in [0.05, 0.1) is 35.2 Å². The molecule has 10 heteroatoms. The summed E-state index contributed by atoms with van der Waals surface area (Å²) in [4.78, 5) is 20.9. The Morgan fingerprint density at radius 3 is 2.58 bits per heavy atom. The molecular weight excluding hydrogens is 435 g/mol. The molecule has 2 aromatic heterocycles. The van der Waals surface area contributed by atoms with Crippen LogP contribution in [0.25, 0.3) is 5.69 Å². The fourth-order valence-electron chi connectivity index (χ4n) is 5.79. The van der Waals surface area contributed by atoms with E-state index in [1.54, 1.807) is 30.6 Å². The predicted octanol–water partition coefficient (Wildman–Crippen LogP) is 3.75. The molecule has 3 heterocycles. The van der Waals surface area contributed by atoms with E-state index in [-0.39, 0.29) is 35.4 Å². The summed E-state index contributed by atoms with van der Waals surface area (Å²) in [7, 11) is 0. The first-order valence-corrected chi connectivity index (χ1v) is 10.8. The standard InChI is InChI=1S/C23H20F3N5O2/c1-13-16-10-22(16)11-18(33-19-7-6-14(12-27-19)23(24,25)26)20(22)30(13)21(32)15-4-2-3-5-17(15)31-28-8-9-29-31/h2-9,12-13,16,18,20H,10-11H2,1H3. The van der Waals surface area contributed by atoms with Gasteiger partial charge in [0.25, 0.3) is 5.91 Å². The summed E-state index contributed by atoms with van der Waals surface area (Å²) in [5.41, 5.74) is 0.299. The number of halogens is 3. The lowest BCUT2D eigenvalue weighted by atomic mass is 9.73. The van der Waals surface area contributed by atoms with E-state index in [2.05, 4.69) is 22.1 Å². The van der Waals surface area contributed by atoms with Crippen molar-refractivity contribution in [2.75, 3.05) is 0 Å². The van der Waals surface area contributed by atoms with Crippen molar-refractivity contribution >= 4 is 5.91 Å². The van der Waals surface area contributed by atoms with Crippen molar-refractivity contribution in [2.45, 2.75) is 44.1 Å². The SMILES string of the molecule is CC1C2CC23CC(Oc2ccc(C(F)(F)F)cn2)C3N1C(=O)c1ccccc1-n1nccn1. The van der Waals surface area contributed by atoms with Gasteiger partial charge in [-0.25, -0.2) is 4.98 Å². The minimum Gasteiger partial charge on any atom is -0.472 e. The average Bonchev–Trinajstić information content (AvgIpc) is 3.23. The minimum atomic E-state index is -4.45. The molecule has 0 N–H and O–H groups in total. The van der Waals surface area contributed by atoms with Gasteiger partial charge in [-0.1, -0.05) is 12.1 Å². The third kappa shape index (κ3) is 2.96. The van der Waals surface area contributed by atoms with Crippen molar-refractivity contribution in [2.24, 2.45) is 11.3 Å². The number of nitrogens with zero attached hydrogens (tertiary/aromatic N) is 5. The van der Waals surface area contributed by atoms with Crippen molar-refractivity contribution < 1.29 is 22.7 Å². The minimum absolute atomic E-state index is 0.0323. The van der Waals surface area contributed by atoms with E-state index in [0.29, 0.717) is 17.2 Å². The molecule has 3 fully saturated rings. The van der Waals surface area contributed by atoms with E-state index in [0.717, 1.165) is 25.1 Å². The smallest absolute Gasteiger partial charge is 0.417 e. The molecule has 1 saturated heterocycles. The Morgan fingerprint density at radius 2 is 1.88 bits per heavy atom. The Labute approximate surface area is 187 Å². The number of carbonyl (C=O) groups excluding carboxylic acids is 1. The van der Waals surface area contributed by atoms with Gasteiger partial charge >= 0.3 is 6.18 Å². The molecule has 6 rings (SSSR count). The molecule has 7 nitrogen and oxygen atoms in total. The first kappa shape index (κ1) is 20.2. The van der Waals surface area contributed by atoms with E-state index in [9.17, 15) is 18.0 Å². The normalized spacial score (nSPS) is 29.8. The molecule has 0 radical (unpaired) electrons. The molecule has 170 valence electrons. The highest BCUT2D eigenvalue weighted by Gasteiger charge is 2.78. The predicted molar refractivity (Wildman–Crippen MR) is 110 cm³/mol.